The first-order chi connectivity index (χ1) is 17.3. The molecule has 1 aromatic heterocycles. The zero-order chi connectivity index (χ0) is 25.8. The van der Waals surface area contributed by atoms with Gasteiger partial charge in [-0.2, -0.15) is 0 Å². The number of amides is 1. The van der Waals surface area contributed by atoms with Gasteiger partial charge in [0.2, 0.25) is 5.91 Å². The lowest BCUT2D eigenvalue weighted by atomic mass is 10.0. The van der Waals surface area contributed by atoms with Crippen LogP contribution < -0.4 is 24.2 Å². The number of hydrogen-bond acceptors (Lipinski definition) is 8. The Kier molecular flexibility index (Phi) is 7.73. The Hall–Kier alpha value is -3.66. The molecule has 1 aliphatic heterocycles. The third-order valence-corrected chi connectivity index (χ3v) is 6.70. The number of esters is 1. The van der Waals surface area contributed by atoms with E-state index < -0.39 is 18.0 Å². The van der Waals surface area contributed by atoms with Crippen LogP contribution in [0.15, 0.2) is 47.6 Å². The van der Waals surface area contributed by atoms with Crippen molar-refractivity contribution < 1.29 is 28.9 Å². The second-order valence-electron chi connectivity index (χ2n) is 8.33. The number of fused-ring (bicyclic) bond motifs is 3. The van der Waals surface area contributed by atoms with Crippen LogP contribution in [0.1, 0.15) is 51.8 Å². The number of benzene rings is 2. The van der Waals surface area contributed by atoms with Gasteiger partial charge in [0, 0.05) is 30.3 Å². The van der Waals surface area contributed by atoms with Crippen LogP contribution in [0.5, 0.6) is 17.4 Å². The van der Waals surface area contributed by atoms with Crippen LogP contribution in [-0.2, 0) is 9.59 Å². The molecule has 0 saturated carbocycles. The van der Waals surface area contributed by atoms with E-state index in [0.717, 1.165) is 25.0 Å². The van der Waals surface area contributed by atoms with Gasteiger partial charge in [-0.05, 0) is 36.8 Å². The molecule has 3 aromatic rings. The first-order valence-corrected chi connectivity index (χ1v) is 12.7. The number of nitrogens with zero attached hydrogens (tertiary/aromatic N) is 4. The Labute approximate surface area is 214 Å². The lowest BCUT2D eigenvalue weighted by molar-refractivity contribution is -0.764. The molecule has 36 heavy (non-hydrogen) atoms. The summed E-state index contributed by atoms with van der Waals surface area (Å²) in [5.41, 5.74) is 2.09. The molecule has 0 aliphatic carbocycles. The van der Waals surface area contributed by atoms with Gasteiger partial charge in [-0.1, -0.05) is 48.3 Å². The van der Waals surface area contributed by atoms with E-state index in [2.05, 4.69) is 11.9 Å². The van der Waals surface area contributed by atoms with E-state index in [-0.39, 0.29) is 11.7 Å². The minimum Gasteiger partial charge on any atom is -0.854 e. The number of hydrogen-bond donors (Lipinski definition) is 0. The van der Waals surface area contributed by atoms with Crippen LogP contribution in [0.2, 0.25) is 0 Å². The highest BCUT2D eigenvalue weighted by atomic mass is 32.2. The first kappa shape index (κ1) is 25.4. The number of ether oxygens (including phenoxy) is 2. The molecule has 0 saturated heterocycles. The Morgan fingerprint density at radius 3 is 2.61 bits per heavy atom. The first-order valence-electron chi connectivity index (χ1n) is 11.7. The molecule has 2 heterocycles. The van der Waals surface area contributed by atoms with Crippen LogP contribution in [0.25, 0.3) is 11.3 Å². The summed E-state index contributed by atoms with van der Waals surface area (Å²) in [7, 11) is 1.47. The summed E-state index contributed by atoms with van der Waals surface area (Å²) in [6, 6.07) is 12.2. The van der Waals surface area contributed by atoms with Gasteiger partial charge in [-0.25, -0.2) is 9.88 Å². The van der Waals surface area contributed by atoms with Gasteiger partial charge in [0.1, 0.15) is 0 Å². The van der Waals surface area contributed by atoms with Gasteiger partial charge in [-0.3, -0.25) is 9.59 Å². The van der Waals surface area contributed by atoms with Crippen LogP contribution in [0, 0.1) is 0 Å². The van der Waals surface area contributed by atoms with Crippen molar-refractivity contribution in [2.75, 3.05) is 17.8 Å². The van der Waals surface area contributed by atoms with Crippen LogP contribution >= 0.6 is 11.8 Å². The molecule has 0 radical (unpaired) electrons. The fourth-order valence-corrected chi connectivity index (χ4v) is 5.06. The number of thioether (sulfide) groups is 1. The summed E-state index contributed by atoms with van der Waals surface area (Å²) < 4.78 is 12.3. The highest BCUT2D eigenvalue weighted by Crippen LogP contribution is 2.42. The van der Waals surface area contributed by atoms with Crippen molar-refractivity contribution in [2.45, 2.75) is 51.4 Å². The maximum atomic E-state index is 13.3. The van der Waals surface area contributed by atoms with Gasteiger partial charge >= 0.3 is 5.97 Å². The predicted octanol–water partition coefficient (Wildman–Crippen LogP) is 3.63. The third-order valence-electron chi connectivity index (χ3n) is 5.77. The number of methoxy groups -OCH3 is 1. The molecule has 0 fully saturated rings. The van der Waals surface area contributed by atoms with Crippen LogP contribution in [0.3, 0.4) is 0 Å². The minimum atomic E-state index is -0.779. The monoisotopic (exact) mass is 508 g/mol. The molecule has 1 amide bonds. The van der Waals surface area contributed by atoms with Crippen molar-refractivity contribution in [1.29, 1.82) is 0 Å². The zero-order valence-electron chi connectivity index (χ0n) is 20.7. The maximum Gasteiger partial charge on any atom is 0.308 e. The van der Waals surface area contributed by atoms with E-state index in [0.29, 0.717) is 33.4 Å². The molecule has 1 aliphatic rings. The Morgan fingerprint density at radius 1 is 1.14 bits per heavy atom. The van der Waals surface area contributed by atoms with Gasteiger partial charge in [0.15, 0.2) is 11.5 Å². The van der Waals surface area contributed by atoms with E-state index in [4.69, 9.17) is 14.6 Å². The fraction of sp³-hybridized carbons (Fsp3) is 0.346. The highest BCUT2D eigenvalue weighted by molar-refractivity contribution is 7.99. The molecule has 0 bridgehead atoms. The van der Waals surface area contributed by atoms with Gasteiger partial charge in [0.25, 0.3) is 17.0 Å². The fourth-order valence-electron chi connectivity index (χ4n) is 4.24. The summed E-state index contributed by atoms with van der Waals surface area (Å²) in [5, 5.41) is 18.4. The molecule has 9 nitrogen and oxygen atoms in total. The molecule has 2 aromatic carbocycles. The van der Waals surface area contributed by atoms with Crippen molar-refractivity contribution in [3.05, 3.63) is 48.0 Å². The number of unbranched alkanes of at least 4 members (excludes halogenated alkanes) is 2. The number of anilines is 1. The maximum absolute atomic E-state index is 13.3. The topological polar surface area (TPSA) is 109 Å². The number of para-hydroxylation sites is 1. The third kappa shape index (κ3) is 4.99. The predicted molar refractivity (Wildman–Crippen MR) is 133 cm³/mol. The summed E-state index contributed by atoms with van der Waals surface area (Å²) in [4.78, 5) is 30.4. The van der Waals surface area contributed by atoms with Crippen LogP contribution in [-0.4, -0.2) is 34.8 Å². The minimum absolute atomic E-state index is 0.225. The standard InChI is InChI=1S/C26H28N4O5S/c1-5-6-9-14-36-26-27-24(33)23-19-10-7-8-11-20(19)29(16(2)31)25(30(23)28-26)18-12-13-21(35-17(3)32)22(15-18)34-4/h7-8,10-13,15,25H,5-6,9,14H2,1-4H3. The van der Waals surface area contributed by atoms with Crippen molar-refractivity contribution in [3.8, 4) is 28.6 Å². The van der Waals surface area contributed by atoms with Crippen LogP contribution in [0.4, 0.5) is 5.69 Å². The normalized spacial score (nSPS) is 14.1. The molecule has 10 heteroatoms. The largest absolute Gasteiger partial charge is 0.854 e. The van der Waals surface area contributed by atoms with Crippen molar-refractivity contribution in [2.24, 2.45) is 0 Å². The van der Waals surface area contributed by atoms with Gasteiger partial charge < -0.3 is 14.6 Å². The smallest absolute Gasteiger partial charge is 0.308 e. The number of aromatic nitrogens is 3. The zero-order valence-corrected chi connectivity index (χ0v) is 21.5. The Balaban J connectivity index is 1.90. The van der Waals surface area contributed by atoms with Gasteiger partial charge in [0.05, 0.1) is 24.2 Å². The molecular formula is C26H28N4O5S. The number of rotatable bonds is 8. The summed E-state index contributed by atoms with van der Waals surface area (Å²) >= 11 is 1.42. The average Bonchev–Trinajstić information content (AvgIpc) is 2.85. The molecule has 1 atom stereocenters. The van der Waals surface area contributed by atoms with E-state index in [1.165, 1.54) is 32.7 Å². The number of carbonyl (C=O) groups excluding carboxylic acids is 2. The highest BCUT2D eigenvalue weighted by Gasteiger charge is 2.44. The second-order valence-corrected chi connectivity index (χ2v) is 9.39. The van der Waals surface area contributed by atoms with E-state index in [1.54, 1.807) is 39.9 Å². The SMILES string of the molecule is CCCCCSc1nc([O-])c2[n+](n1)C(c1ccc(OC(C)=O)c(OC)c1)N(C(C)=O)c1ccccc1-2. The van der Waals surface area contributed by atoms with Crippen molar-refractivity contribution in [1.82, 2.24) is 10.1 Å². The number of carbonyl (C=O) groups is 2. The van der Waals surface area contributed by atoms with E-state index in [1.807, 2.05) is 12.1 Å². The summed E-state index contributed by atoms with van der Waals surface area (Å²) in [5.74, 6) is 0.242. The lowest BCUT2D eigenvalue weighted by Crippen LogP contribution is -2.58. The molecule has 0 spiro atoms. The lowest BCUT2D eigenvalue weighted by Gasteiger charge is -2.33. The molecule has 1 unspecified atom stereocenters. The van der Waals surface area contributed by atoms with Gasteiger partial charge in [-0.15, -0.1) is 0 Å². The Morgan fingerprint density at radius 2 is 1.92 bits per heavy atom. The van der Waals surface area contributed by atoms with E-state index >= 15 is 0 Å². The molecule has 4 rings (SSSR count). The van der Waals surface area contributed by atoms with E-state index in [9.17, 15) is 14.7 Å². The quantitative estimate of drug-likeness (QED) is 0.149. The second kappa shape index (κ2) is 10.9. The Bertz CT molecular complexity index is 1300. The average molecular weight is 509 g/mol. The molecule has 0 N–H and O–H groups in total. The summed E-state index contributed by atoms with van der Waals surface area (Å²) in [6.45, 7) is 4.91. The molecule has 188 valence electrons. The van der Waals surface area contributed by atoms with Crippen molar-refractivity contribution >= 4 is 29.3 Å². The summed E-state index contributed by atoms with van der Waals surface area (Å²) in [6.07, 6.45) is 2.38. The van der Waals surface area contributed by atoms with Crippen molar-refractivity contribution in [3.63, 3.8) is 0 Å². The molecular weight excluding hydrogens is 480 g/mol.